The van der Waals surface area contributed by atoms with Crippen molar-refractivity contribution >= 4 is 68.4 Å². The number of aliphatic carboxylic acids is 1. The van der Waals surface area contributed by atoms with E-state index in [1.165, 1.54) is 35.1 Å². The summed E-state index contributed by atoms with van der Waals surface area (Å²) in [6, 6.07) is -0.952. The first-order valence-corrected chi connectivity index (χ1v) is 13.8. The predicted molar refractivity (Wildman–Crippen MR) is 144 cm³/mol. The minimum absolute atomic E-state index is 0.0371. The van der Waals surface area contributed by atoms with Crippen LogP contribution in [0.2, 0.25) is 0 Å². The van der Waals surface area contributed by atoms with Gasteiger partial charge in [-0.15, -0.1) is 23.1 Å². The molecule has 0 bridgehead atoms. The summed E-state index contributed by atoms with van der Waals surface area (Å²) in [5.74, 6) is -2.19. The van der Waals surface area contributed by atoms with Gasteiger partial charge in [-0.3, -0.25) is 14.5 Å². The Bertz CT molecular complexity index is 1350. The number of carbonyl (C=O) groups is 3. The first kappa shape index (κ1) is 27.5. The zero-order valence-corrected chi connectivity index (χ0v) is 23.1. The number of nitrogens with zero attached hydrogens (tertiary/aromatic N) is 6. The van der Waals surface area contributed by atoms with E-state index in [1.807, 2.05) is 25.6 Å². The SMILES string of the molecule is CO/N=C(\C(=O)N[C@@H]1C(=O)N2C(C(=O)O)=C(/C=C/C[N+](C)(C)Cc3csc(N)n3)CS[C@@H]12)c1nsc(N)n1. The van der Waals surface area contributed by atoms with Crippen LogP contribution in [0.15, 0.2) is 34.0 Å². The average molecular weight is 581 g/mol. The molecule has 2 aromatic rings. The van der Waals surface area contributed by atoms with Crippen LogP contribution < -0.4 is 16.8 Å². The second-order valence-corrected chi connectivity index (χ2v) is 11.8. The van der Waals surface area contributed by atoms with Gasteiger partial charge in [-0.25, -0.2) is 9.78 Å². The fourth-order valence-electron chi connectivity index (χ4n) is 3.97. The van der Waals surface area contributed by atoms with Gasteiger partial charge >= 0.3 is 5.97 Å². The summed E-state index contributed by atoms with van der Waals surface area (Å²) in [5.41, 5.74) is 12.4. The smallest absolute Gasteiger partial charge is 0.352 e. The van der Waals surface area contributed by atoms with Crippen LogP contribution in [0.3, 0.4) is 0 Å². The van der Waals surface area contributed by atoms with E-state index in [0.717, 1.165) is 17.2 Å². The molecule has 0 saturated carbocycles. The summed E-state index contributed by atoms with van der Waals surface area (Å²) < 4.78 is 4.53. The Labute approximate surface area is 229 Å². The number of β-lactam (4-membered cyclic amide) rings is 1. The van der Waals surface area contributed by atoms with Crippen molar-refractivity contribution in [3.63, 3.8) is 0 Å². The van der Waals surface area contributed by atoms with Crippen LogP contribution >= 0.6 is 34.6 Å². The third-order valence-corrected chi connectivity index (χ3v) is 8.18. The van der Waals surface area contributed by atoms with Crippen molar-refractivity contribution in [2.75, 3.05) is 45.0 Å². The van der Waals surface area contributed by atoms with Crippen molar-refractivity contribution in [2.45, 2.75) is 18.0 Å². The van der Waals surface area contributed by atoms with Gasteiger partial charge in [0.05, 0.1) is 20.6 Å². The van der Waals surface area contributed by atoms with Gasteiger partial charge in [-0.05, 0) is 11.6 Å². The summed E-state index contributed by atoms with van der Waals surface area (Å²) in [7, 11) is 5.31. The number of anilines is 2. The van der Waals surface area contributed by atoms with Crippen LogP contribution in [0.5, 0.6) is 0 Å². The van der Waals surface area contributed by atoms with Gasteiger partial charge in [0.2, 0.25) is 11.5 Å². The van der Waals surface area contributed by atoms with Crippen molar-refractivity contribution in [1.82, 2.24) is 24.6 Å². The molecule has 38 heavy (non-hydrogen) atoms. The van der Waals surface area contributed by atoms with Crippen LogP contribution in [-0.2, 0) is 25.8 Å². The number of nitrogens with one attached hydrogen (secondary N) is 1. The van der Waals surface area contributed by atoms with Gasteiger partial charge in [0.25, 0.3) is 11.8 Å². The molecule has 0 unspecified atom stereocenters. The number of thiazole rings is 1. The van der Waals surface area contributed by atoms with Gasteiger partial charge in [0, 0.05) is 22.7 Å². The van der Waals surface area contributed by atoms with E-state index >= 15 is 0 Å². The summed E-state index contributed by atoms with van der Waals surface area (Å²) in [6.07, 6.45) is 3.63. The predicted octanol–water partition coefficient (Wildman–Crippen LogP) is 0.0809. The molecule has 1 fully saturated rings. The zero-order chi connectivity index (χ0) is 27.6. The number of allylic oxidation sites excluding steroid dienone is 1. The number of carbonyl (C=O) groups excluding carboxylic acids is 2. The molecule has 2 atom stereocenters. The largest absolute Gasteiger partial charge is 0.477 e. The number of nitrogens with two attached hydrogens (primary N) is 2. The zero-order valence-electron chi connectivity index (χ0n) is 20.7. The number of oxime groups is 1. The second-order valence-electron chi connectivity index (χ2n) is 8.97. The summed E-state index contributed by atoms with van der Waals surface area (Å²) >= 11 is 3.62. The molecule has 1 saturated heterocycles. The molecule has 2 aliphatic heterocycles. The van der Waals surface area contributed by atoms with Gasteiger partial charge in [0.15, 0.2) is 10.3 Å². The molecule has 17 heteroatoms. The van der Waals surface area contributed by atoms with E-state index in [2.05, 4.69) is 24.8 Å². The van der Waals surface area contributed by atoms with Crippen LogP contribution in [0, 0.1) is 0 Å². The molecular formula is C21H26N9O5S3+. The highest BCUT2D eigenvalue weighted by Crippen LogP contribution is 2.40. The lowest BCUT2D eigenvalue weighted by Crippen LogP contribution is -2.71. The molecule has 14 nitrogen and oxygen atoms in total. The van der Waals surface area contributed by atoms with Gasteiger partial charge < -0.3 is 31.2 Å². The Hall–Kier alpha value is -3.54. The molecule has 6 N–H and O–H groups in total. The number of carboxylic acid groups (broad SMARTS) is 1. The van der Waals surface area contributed by atoms with Crippen molar-refractivity contribution in [2.24, 2.45) is 5.16 Å². The molecule has 2 aromatic heterocycles. The van der Waals surface area contributed by atoms with Crippen molar-refractivity contribution < 1.29 is 28.8 Å². The maximum Gasteiger partial charge on any atom is 0.352 e. The number of carboxylic acids is 1. The van der Waals surface area contributed by atoms with Crippen molar-refractivity contribution in [3.05, 3.63) is 40.3 Å². The first-order valence-electron chi connectivity index (χ1n) is 11.1. The maximum absolute atomic E-state index is 13.0. The number of hydrogen-bond acceptors (Lipinski definition) is 13. The number of amides is 2. The molecule has 2 aliphatic rings. The van der Waals surface area contributed by atoms with E-state index < -0.39 is 29.2 Å². The summed E-state index contributed by atoms with van der Waals surface area (Å²) in [5, 5.41) is 18.1. The number of rotatable bonds is 10. The summed E-state index contributed by atoms with van der Waals surface area (Å²) in [6.45, 7) is 1.26. The Kier molecular flexibility index (Phi) is 8.00. The topological polar surface area (TPSA) is 199 Å². The lowest BCUT2D eigenvalue weighted by molar-refractivity contribution is -0.898. The Morgan fingerprint density at radius 1 is 1.34 bits per heavy atom. The normalized spacial score (nSPS) is 19.9. The van der Waals surface area contributed by atoms with E-state index in [-0.39, 0.29) is 22.4 Å². The van der Waals surface area contributed by atoms with Crippen LogP contribution in [0.25, 0.3) is 0 Å². The quantitative estimate of drug-likeness (QED) is 0.128. The maximum atomic E-state index is 13.0. The minimum Gasteiger partial charge on any atom is -0.477 e. The van der Waals surface area contributed by atoms with Crippen LogP contribution in [0.4, 0.5) is 10.3 Å². The van der Waals surface area contributed by atoms with Crippen molar-refractivity contribution in [1.29, 1.82) is 0 Å². The van der Waals surface area contributed by atoms with Crippen molar-refractivity contribution in [3.8, 4) is 0 Å². The number of hydrogen-bond donors (Lipinski definition) is 4. The first-order chi connectivity index (χ1) is 18.0. The number of likely N-dealkylation sites (N-methyl/N-ethyl adjacent to an activating group) is 1. The summed E-state index contributed by atoms with van der Waals surface area (Å²) in [4.78, 5) is 52.1. The fourth-order valence-corrected chi connectivity index (χ4v) is 6.27. The molecule has 0 radical (unpaired) electrons. The van der Waals surface area contributed by atoms with Gasteiger partial charge in [0.1, 0.15) is 36.5 Å². The number of fused-ring (bicyclic) bond motifs is 1. The minimum atomic E-state index is -1.22. The molecule has 0 spiro atoms. The molecule has 0 aliphatic carbocycles. The molecule has 4 rings (SSSR count). The highest BCUT2D eigenvalue weighted by molar-refractivity contribution is 8.00. The number of thioether (sulfide) groups is 1. The second kappa shape index (κ2) is 11.1. The lowest BCUT2D eigenvalue weighted by atomic mass is 10.0. The Morgan fingerprint density at radius 3 is 2.71 bits per heavy atom. The lowest BCUT2D eigenvalue weighted by Gasteiger charge is -2.49. The Morgan fingerprint density at radius 2 is 2.11 bits per heavy atom. The molecule has 202 valence electrons. The fraction of sp³-hybridized carbons (Fsp3) is 0.381. The average Bonchev–Trinajstić information content (AvgIpc) is 3.46. The molecular weight excluding hydrogens is 554 g/mol. The van der Waals surface area contributed by atoms with Gasteiger partial charge in [-0.1, -0.05) is 11.2 Å². The Balaban J connectivity index is 1.45. The van der Waals surface area contributed by atoms with Crippen LogP contribution in [0.1, 0.15) is 11.5 Å². The van der Waals surface area contributed by atoms with E-state index in [1.54, 1.807) is 6.08 Å². The third kappa shape index (κ3) is 5.79. The third-order valence-electron chi connectivity index (χ3n) is 5.62. The van der Waals surface area contributed by atoms with Gasteiger partial charge in [-0.2, -0.15) is 9.36 Å². The molecule has 0 aromatic carbocycles. The molecule has 4 heterocycles. The number of nitrogen functional groups attached to an aromatic ring is 2. The monoisotopic (exact) mass is 580 g/mol. The standard InChI is InChI=1S/C21H25N9O5S3/c1-30(2,7-11-9-37-20(22)24-11)6-4-5-10-8-36-18-13(17(32)29(18)14(10)19(33)34)25-16(31)12(27-35-3)15-26-21(23)38-28-15/h4-5,9,13,18H,6-8H2,1-3H3,(H5-,22,23,24,25,26,28,31,33,34)/p+1/b5-4+,27-12-/t13-,18+/m1/s1. The highest BCUT2D eigenvalue weighted by Gasteiger charge is 2.54. The van der Waals surface area contributed by atoms with E-state index in [0.29, 0.717) is 34.0 Å². The van der Waals surface area contributed by atoms with E-state index in [9.17, 15) is 19.5 Å². The number of aromatic nitrogens is 3. The van der Waals surface area contributed by atoms with Crippen LogP contribution in [-0.4, -0.2) is 97.2 Å². The highest BCUT2D eigenvalue weighted by atomic mass is 32.2. The van der Waals surface area contributed by atoms with E-state index in [4.69, 9.17) is 16.3 Å². The number of quaternary nitrogens is 1. The molecule has 2 amide bonds.